The molecule has 3 rings (SSSR count). The summed E-state index contributed by atoms with van der Waals surface area (Å²) >= 11 is 1.48. The number of hydrogen-bond acceptors (Lipinski definition) is 4. The van der Waals surface area contributed by atoms with Gasteiger partial charge in [0.1, 0.15) is 0 Å². The molecular weight excluding hydrogens is 368 g/mol. The van der Waals surface area contributed by atoms with Gasteiger partial charge in [0.05, 0.1) is 5.56 Å². The van der Waals surface area contributed by atoms with Crippen LogP contribution in [0, 0.1) is 0 Å². The van der Waals surface area contributed by atoms with Crippen LogP contribution in [-0.4, -0.2) is 20.8 Å². The second-order valence-corrected chi connectivity index (χ2v) is 7.86. The molecule has 0 aliphatic rings. The summed E-state index contributed by atoms with van der Waals surface area (Å²) in [5, 5.41) is 11.1. The zero-order valence-electron chi connectivity index (χ0n) is 16.1. The smallest absolute Gasteiger partial charge is 0.259 e. The summed E-state index contributed by atoms with van der Waals surface area (Å²) in [6.07, 6.45) is 4.64. The van der Waals surface area contributed by atoms with Gasteiger partial charge in [-0.05, 0) is 17.5 Å². The van der Waals surface area contributed by atoms with Crippen molar-refractivity contribution in [2.24, 2.45) is 0 Å². The molecule has 0 radical (unpaired) electrons. The summed E-state index contributed by atoms with van der Waals surface area (Å²) in [4.78, 5) is 20.1. The Kier molecular flexibility index (Phi) is 7.31. The first-order valence-electron chi connectivity index (χ1n) is 9.76. The van der Waals surface area contributed by atoms with E-state index in [9.17, 15) is 9.90 Å². The fourth-order valence-electron chi connectivity index (χ4n) is 3.29. The van der Waals surface area contributed by atoms with E-state index in [0.29, 0.717) is 5.16 Å². The summed E-state index contributed by atoms with van der Waals surface area (Å²) < 4.78 is 0. The number of aromatic nitrogens is 2. The maximum atomic E-state index is 12.9. The quantitative estimate of drug-likeness (QED) is 0.292. The summed E-state index contributed by atoms with van der Waals surface area (Å²) in [5.74, 6) is 0.308. The molecule has 0 amide bonds. The van der Waals surface area contributed by atoms with E-state index >= 15 is 0 Å². The largest absolute Gasteiger partial charge is 0.493 e. The summed E-state index contributed by atoms with van der Waals surface area (Å²) in [7, 11) is 0. The van der Waals surface area contributed by atoms with Crippen LogP contribution in [0.15, 0.2) is 70.6 Å². The maximum absolute atomic E-state index is 12.9. The fourth-order valence-corrected chi connectivity index (χ4v) is 4.15. The Balaban J connectivity index is 1.92. The monoisotopic (exact) mass is 394 g/mol. The molecule has 0 saturated carbocycles. The second kappa shape index (κ2) is 10.1. The number of hydrogen-bond donors (Lipinski definition) is 2. The van der Waals surface area contributed by atoms with Gasteiger partial charge in [0.25, 0.3) is 5.56 Å². The summed E-state index contributed by atoms with van der Waals surface area (Å²) in [6.45, 7) is 2.18. The van der Waals surface area contributed by atoms with E-state index in [1.165, 1.54) is 31.0 Å². The van der Waals surface area contributed by atoms with Gasteiger partial charge in [-0.15, -0.1) is 0 Å². The first kappa shape index (κ1) is 20.2. The molecule has 1 aromatic heterocycles. The number of aromatic hydroxyl groups is 1. The summed E-state index contributed by atoms with van der Waals surface area (Å²) in [5.41, 5.74) is 1.88. The second-order valence-electron chi connectivity index (χ2n) is 6.77. The normalized spacial score (nSPS) is 11.1. The lowest BCUT2D eigenvalue weighted by Gasteiger charge is -2.18. The van der Waals surface area contributed by atoms with E-state index in [4.69, 9.17) is 0 Å². The number of thioether (sulfide) groups is 1. The predicted molar refractivity (Wildman–Crippen MR) is 115 cm³/mol. The van der Waals surface area contributed by atoms with Crippen molar-refractivity contribution in [3.63, 3.8) is 0 Å². The molecule has 0 spiro atoms. The van der Waals surface area contributed by atoms with E-state index in [2.05, 4.69) is 16.9 Å². The van der Waals surface area contributed by atoms with Crippen molar-refractivity contribution >= 4 is 11.8 Å². The van der Waals surface area contributed by atoms with Crippen molar-refractivity contribution in [2.75, 3.05) is 5.75 Å². The average Bonchev–Trinajstić information content (AvgIpc) is 2.72. The number of nitrogens with one attached hydrogen (secondary N) is 1. The highest BCUT2D eigenvalue weighted by Crippen LogP contribution is 2.34. The first-order valence-corrected chi connectivity index (χ1v) is 10.7. The van der Waals surface area contributed by atoms with Crippen LogP contribution in [0.25, 0.3) is 0 Å². The molecule has 2 aromatic carbocycles. The number of benzene rings is 2. The van der Waals surface area contributed by atoms with E-state index < -0.39 is 0 Å². The minimum absolute atomic E-state index is 0.197. The van der Waals surface area contributed by atoms with Crippen LogP contribution in [0.2, 0.25) is 0 Å². The van der Waals surface area contributed by atoms with Crippen molar-refractivity contribution in [1.29, 1.82) is 0 Å². The third-order valence-corrected chi connectivity index (χ3v) is 5.66. The topological polar surface area (TPSA) is 66.0 Å². The van der Waals surface area contributed by atoms with E-state index in [1.54, 1.807) is 0 Å². The van der Waals surface area contributed by atoms with Crippen LogP contribution in [0.3, 0.4) is 0 Å². The third-order valence-electron chi connectivity index (χ3n) is 4.70. The van der Waals surface area contributed by atoms with Crippen LogP contribution in [0.1, 0.15) is 55.2 Å². The number of rotatable bonds is 9. The maximum Gasteiger partial charge on any atom is 0.259 e. The fraction of sp³-hybridized carbons (Fsp3) is 0.304. The molecule has 1 heterocycles. The number of nitrogens with zero attached hydrogens (tertiary/aromatic N) is 1. The number of H-pyrrole nitrogens is 1. The van der Waals surface area contributed by atoms with Crippen LogP contribution >= 0.6 is 11.8 Å². The standard InChI is InChI=1S/C23H26N2O2S/c1-2-3-4-11-16-28-23-24-21(26)20(22(27)25-23)19(17-12-7-5-8-13-17)18-14-9-6-10-15-18/h5-10,12-15,19H,2-4,11,16H2,1H3,(H2,24,25,26,27). The molecule has 28 heavy (non-hydrogen) atoms. The van der Waals surface area contributed by atoms with E-state index in [0.717, 1.165) is 23.3 Å². The average molecular weight is 395 g/mol. The van der Waals surface area contributed by atoms with Crippen LogP contribution in [0.4, 0.5) is 0 Å². The molecule has 0 fully saturated rings. The molecule has 0 bridgehead atoms. The zero-order valence-corrected chi connectivity index (χ0v) is 16.9. The molecule has 2 N–H and O–H groups in total. The van der Waals surface area contributed by atoms with Gasteiger partial charge < -0.3 is 10.1 Å². The SMILES string of the molecule is CCCCCCSc1nc(O)c(C(c2ccccc2)c2ccccc2)c(=O)[nH]1. The van der Waals surface area contributed by atoms with Crippen molar-refractivity contribution < 1.29 is 5.11 Å². The molecule has 0 saturated heterocycles. The Morgan fingerprint density at radius 2 is 1.57 bits per heavy atom. The summed E-state index contributed by atoms with van der Waals surface area (Å²) in [6, 6.07) is 19.5. The highest BCUT2D eigenvalue weighted by Gasteiger charge is 2.24. The lowest BCUT2D eigenvalue weighted by Crippen LogP contribution is -2.20. The molecule has 3 aromatic rings. The highest BCUT2D eigenvalue weighted by molar-refractivity contribution is 7.99. The molecule has 146 valence electrons. The van der Waals surface area contributed by atoms with Crippen LogP contribution < -0.4 is 5.56 Å². The van der Waals surface area contributed by atoms with Gasteiger partial charge in [0.2, 0.25) is 5.88 Å². The lowest BCUT2D eigenvalue weighted by atomic mass is 9.86. The van der Waals surface area contributed by atoms with Gasteiger partial charge in [0, 0.05) is 11.7 Å². The van der Waals surface area contributed by atoms with Gasteiger partial charge in [-0.3, -0.25) is 4.79 Å². The number of aromatic amines is 1. The van der Waals surface area contributed by atoms with Gasteiger partial charge >= 0.3 is 0 Å². The van der Waals surface area contributed by atoms with Crippen molar-refractivity contribution in [3.8, 4) is 5.88 Å². The first-order chi connectivity index (χ1) is 13.7. The molecule has 0 unspecified atom stereocenters. The Bertz CT molecular complexity index is 887. The Morgan fingerprint density at radius 3 is 2.11 bits per heavy atom. The van der Waals surface area contributed by atoms with Crippen LogP contribution in [0.5, 0.6) is 5.88 Å². The van der Waals surface area contributed by atoms with E-state index in [1.807, 2.05) is 60.7 Å². The van der Waals surface area contributed by atoms with Gasteiger partial charge in [-0.2, -0.15) is 4.98 Å². The van der Waals surface area contributed by atoms with Gasteiger partial charge in [-0.25, -0.2) is 0 Å². The van der Waals surface area contributed by atoms with Gasteiger partial charge in [0.15, 0.2) is 5.16 Å². The van der Waals surface area contributed by atoms with E-state index in [-0.39, 0.29) is 22.9 Å². The molecular formula is C23H26N2O2S. The molecule has 0 aliphatic heterocycles. The van der Waals surface area contributed by atoms with Crippen LogP contribution in [-0.2, 0) is 0 Å². The molecule has 4 nitrogen and oxygen atoms in total. The lowest BCUT2D eigenvalue weighted by molar-refractivity contribution is 0.434. The zero-order chi connectivity index (χ0) is 19.8. The Morgan fingerprint density at radius 1 is 0.964 bits per heavy atom. The highest BCUT2D eigenvalue weighted by atomic mass is 32.2. The minimum atomic E-state index is -0.373. The molecule has 0 atom stereocenters. The number of unbranched alkanes of at least 4 members (excludes halogenated alkanes) is 3. The van der Waals surface area contributed by atoms with Crippen molar-refractivity contribution in [1.82, 2.24) is 9.97 Å². The minimum Gasteiger partial charge on any atom is -0.493 e. The van der Waals surface area contributed by atoms with Crippen molar-refractivity contribution in [3.05, 3.63) is 87.7 Å². The predicted octanol–water partition coefficient (Wildman–Crippen LogP) is 5.33. The van der Waals surface area contributed by atoms with Crippen molar-refractivity contribution in [2.45, 2.75) is 43.7 Å². The Labute approximate surface area is 170 Å². The molecule has 5 heteroatoms. The molecule has 0 aliphatic carbocycles. The third kappa shape index (κ3) is 5.04. The Hall–Kier alpha value is -2.53. The van der Waals surface area contributed by atoms with Gasteiger partial charge in [-0.1, -0.05) is 98.6 Å².